The molecular formula is C67H87F3N12O14S. The highest BCUT2D eigenvalue weighted by atomic mass is 32.2. The van der Waals surface area contributed by atoms with E-state index >= 15 is 0 Å². The molecule has 0 bridgehead atoms. The van der Waals surface area contributed by atoms with E-state index in [9.17, 15) is 71.0 Å². The van der Waals surface area contributed by atoms with Gasteiger partial charge in [0.1, 0.15) is 48.3 Å². The van der Waals surface area contributed by atoms with Gasteiger partial charge in [-0.15, -0.1) is 11.8 Å². The zero-order valence-electron chi connectivity index (χ0n) is 55.3. The van der Waals surface area contributed by atoms with Gasteiger partial charge in [-0.25, -0.2) is 13.2 Å². The van der Waals surface area contributed by atoms with E-state index in [0.29, 0.717) is 29.5 Å². The zero-order chi connectivity index (χ0) is 71.6. The maximum absolute atomic E-state index is 14.9. The van der Waals surface area contributed by atoms with Gasteiger partial charge in [0.25, 0.3) is 0 Å². The Morgan fingerprint density at radius 1 is 0.670 bits per heavy atom. The molecule has 1 aromatic heterocycles. The van der Waals surface area contributed by atoms with Crippen molar-refractivity contribution in [2.75, 3.05) is 59.6 Å². The van der Waals surface area contributed by atoms with Crippen molar-refractivity contribution in [2.24, 2.45) is 11.7 Å². The Balaban J connectivity index is 1.35. The van der Waals surface area contributed by atoms with E-state index in [1.165, 1.54) is 45.1 Å². The van der Waals surface area contributed by atoms with E-state index < -0.39 is 155 Å². The zero-order valence-corrected chi connectivity index (χ0v) is 56.1. The number of rotatable bonds is 40. The lowest BCUT2D eigenvalue weighted by molar-refractivity contribution is -0.150. The molecular weight excluding hydrogens is 1290 g/mol. The number of aldehydes is 1. The lowest BCUT2D eigenvalue weighted by atomic mass is 10.00. The highest BCUT2D eigenvalue weighted by Gasteiger charge is 2.38. The van der Waals surface area contributed by atoms with Crippen LogP contribution < -0.4 is 43.0 Å². The van der Waals surface area contributed by atoms with Crippen molar-refractivity contribution in [3.05, 3.63) is 137 Å². The minimum absolute atomic E-state index is 0.00227. The van der Waals surface area contributed by atoms with Gasteiger partial charge in [0.15, 0.2) is 17.5 Å². The van der Waals surface area contributed by atoms with Gasteiger partial charge in [0.05, 0.1) is 43.8 Å². The van der Waals surface area contributed by atoms with Gasteiger partial charge >= 0.3 is 5.97 Å². The number of aliphatic carboxylic acids is 1. The van der Waals surface area contributed by atoms with Crippen LogP contribution in [0.2, 0.25) is 0 Å². The summed E-state index contributed by atoms with van der Waals surface area (Å²) in [5.41, 5.74) is 7.84. The molecule has 12 N–H and O–H groups in total. The number of aromatic nitrogens is 1. The molecule has 526 valence electrons. The smallest absolute Gasteiger partial charge is 0.303 e. The number of ether oxygens (including phenoxy) is 1. The number of carbonyl (C=O) groups is 11. The SMILES string of the molecule is CN[C@@H](Cc1c[nH]c2ccccc12)C(=O)N[C@@H](Cc1ccc(O)cc1)C(=O)N[C@@H](CC(C)C)C(=O)N[C@@H](CSCC(=O)N[C@@H](Cc1cc(F)c(F)c(F)c1)C(=O)N(C)[C@@H](Cc1ccccc1)C(=O)N(C)[C@@H](C)C(=O)N(C)[C@H](C)COCN[C@H](C=O)CCC(=O)O)C(=O)NCC(N)=O. The third-order valence-electron chi connectivity index (χ3n) is 16.1. The van der Waals surface area contributed by atoms with Gasteiger partial charge in [-0.05, 0) is 98.7 Å². The highest BCUT2D eigenvalue weighted by Crippen LogP contribution is 2.22. The first-order valence-electron chi connectivity index (χ1n) is 31.3. The fraction of sp³-hybridized carbons (Fsp3) is 0.448. The number of thioether (sulfide) groups is 1. The van der Waals surface area contributed by atoms with Crippen molar-refractivity contribution < 1.29 is 80.9 Å². The number of nitrogens with two attached hydrogens (primary N) is 1. The first-order chi connectivity index (χ1) is 46.0. The lowest BCUT2D eigenvalue weighted by Crippen LogP contribution is -2.59. The Bertz CT molecular complexity index is 3510. The average molecular weight is 1370 g/mol. The first kappa shape index (κ1) is 78.3. The van der Waals surface area contributed by atoms with Crippen molar-refractivity contribution in [3.63, 3.8) is 0 Å². The molecule has 0 unspecified atom stereocenters. The Morgan fingerprint density at radius 3 is 1.90 bits per heavy atom. The molecule has 1 heterocycles. The van der Waals surface area contributed by atoms with Gasteiger partial charge in [-0.1, -0.05) is 74.5 Å². The molecule has 5 rings (SSSR count). The van der Waals surface area contributed by atoms with E-state index in [2.05, 4.69) is 42.2 Å². The van der Waals surface area contributed by atoms with E-state index in [0.717, 1.165) is 38.0 Å². The topological polar surface area (TPSA) is 373 Å². The van der Waals surface area contributed by atoms with Crippen LogP contribution in [0.3, 0.4) is 0 Å². The number of amides is 9. The number of hydrogen-bond donors (Lipinski definition) is 11. The number of likely N-dealkylation sites (N-methyl/N-ethyl adjacent to an activating group) is 4. The van der Waals surface area contributed by atoms with Crippen LogP contribution in [0.1, 0.15) is 69.2 Å². The quantitative estimate of drug-likeness (QED) is 0.0116. The normalized spacial score (nSPS) is 14.1. The minimum atomic E-state index is -1.80. The predicted molar refractivity (Wildman–Crippen MR) is 355 cm³/mol. The number of H-pyrrole nitrogens is 1. The van der Waals surface area contributed by atoms with Gasteiger partial charge in [0.2, 0.25) is 53.2 Å². The molecule has 9 amide bonds. The summed E-state index contributed by atoms with van der Waals surface area (Å²) < 4.78 is 49.6. The summed E-state index contributed by atoms with van der Waals surface area (Å²) in [6.45, 7) is 5.79. The number of carboxylic acid groups (broad SMARTS) is 1. The second-order valence-corrected chi connectivity index (χ2v) is 25.0. The first-order valence-corrected chi connectivity index (χ1v) is 32.5. The summed E-state index contributed by atoms with van der Waals surface area (Å²) in [5, 5.41) is 38.7. The van der Waals surface area contributed by atoms with Crippen LogP contribution in [0.4, 0.5) is 13.2 Å². The van der Waals surface area contributed by atoms with Crippen LogP contribution in [-0.2, 0) is 83.2 Å². The van der Waals surface area contributed by atoms with E-state index in [1.807, 2.05) is 24.3 Å². The maximum Gasteiger partial charge on any atom is 0.303 e. The number of phenols is 1. The van der Waals surface area contributed by atoms with Crippen molar-refractivity contribution in [2.45, 2.75) is 127 Å². The van der Waals surface area contributed by atoms with Crippen molar-refractivity contribution in [1.82, 2.24) is 56.9 Å². The number of primary amides is 1. The standard InChI is InChI=1S/C67H87F3N12O14S/c1-38(2)24-52(77-64(92)53(27-42-18-21-46(84)22-19-42)78-62(90)51(72-5)30-44-31-73-50-17-13-12-16-47(44)50)63(91)79-55(61(89)74-32-57(71)85)35-97-36-58(86)76-54(28-43-25-48(68)60(70)49(69)26-43)66(94)82(8)56(29-41-14-10-9-11-15-41)67(95)81(7)40(4)65(93)80(6)39(3)34-96-37-75-45(33-83)20-23-59(87)88/h9-19,21-22,25-26,31,33,38-40,45,51-56,72-73,75,84H,20,23-24,27-30,32,34-37H2,1-8H3,(H2,71,85)(H,74,89)(H,76,86)(H,77,92)(H,78,90)(H,79,91)(H,87,88)/t39-,40+,45+,51+,52+,53+,54+,55+,56+/m1/s1. The number of carboxylic acids is 1. The van der Waals surface area contributed by atoms with Gasteiger partial charge in [-0.3, -0.25) is 53.3 Å². The number of hydrogen-bond acceptors (Lipinski definition) is 16. The fourth-order valence-electron chi connectivity index (χ4n) is 10.3. The Kier molecular flexibility index (Phi) is 31.0. The summed E-state index contributed by atoms with van der Waals surface area (Å²) in [7, 11) is 5.66. The number of aromatic amines is 1. The van der Waals surface area contributed by atoms with Crippen LogP contribution in [0.25, 0.3) is 10.9 Å². The summed E-state index contributed by atoms with van der Waals surface area (Å²) in [6.07, 6.45) is 1.43. The fourth-order valence-corrected chi connectivity index (χ4v) is 11.2. The molecule has 0 aliphatic heterocycles. The van der Waals surface area contributed by atoms with Crippen molar-refractivity contribution in [1.29, 1.82) is 0 Å². The molecule has 4 aromatic carbocycles. The van der Waals surface area contributed by atoms with Crippen molar-refractivity contribution in [3.8, 4) is 5.75 Å². The Labute approximate surface area is 564 Å². The molecule has 97 heavy (non-hydrogen) atoms. The summed E-state index contributed by atoms with van der Waals surface area (Å²) in [4.78, 5) is 156. The van der Waals surface area contributed by atoms with Crippen LogP contribution >= 0.6 is 11.8 Å². The van der Waals surface area contributed by atoms with Gasteiger partial charge < -0.3 is 77.1 Å². The number of nitrogens with zero attached hydrogens (tertiary/aromatic N) is 3. The minimum Gasteiger partial charge on any atom is -0.508 e. The van der Waals surface area contributed by atoms with Crippen molar-refractivity contribution >= 4 is 88.1 Å². The molecule has 0 fully saturated rings. The average Bonchev–Trinajstić information content (AvgIpc) is 1.41. The Morgan fingerprint density at radius 2 is 1.27 bits per heavy atom. The van der Waals surface area contributed by atoms with Crippen LogP contribution in [-0.4, -0.2) is 209 Å². The van der Waals surface area contributed by atoms with E-state index in [-0.39, 0.29) is 69.1 Å². The van der Waals surface area contributed by atoms with E-state index in [4.69, 9.17) is 15.6 Å². The molecule has 26 nitrogen and oxygen atoms in total. The van der Waals surface area contributed by atoms with Crippen LogP contribution in [0, 0.1) is 23.4 Å². The summed E-state index contributed by atoms with van der Waals surface area (Å²) >= 11 is 0.749. The molecule has 0 saturated carbocycles. The molecule has 0 spiro atoms. The second-order valence-electron chi connectivity index (χ2n) is 24.0. The Hall–Kier alpha value is -9.39. The molecule has 9 atom stereocenters. The molecule has 0 aliphatic rings. The number of carbonyl (C=O) groups excluding carboxylic acids is 10. The number of aromatic hydroxyl groups is 1. The van der Waals surface area contributed by atoms with Crippen LogP contribution in [0.5, 0.6) is 5.75 Å². The largest absolute Gasteiger partial charge is 0.508 e. The molecule has 30 heteroatoms. The predicted octanol–water partition coefficient (Wildman–Crippen LogP) is 1.99. The van der Waals surface area contributed by atoms with E-state index in [1.54, 1.807) is 76.5 Å². The van der Waals surface area contributed by atoms with Gasteiger partial charge in [0, 0.05) is 69.7 Å². The molecule has 0 radical (unpaired) electrons. The number of phenolic OH excluding ortho intramolecular Hbond substituents is 1. The third kappa shape index (κ3) is 24.3. The number of halogens is 3. The third-order valence-corrected chi connectivity index (χ3v) is 17.2. The second kappa shape index (κ2) is 38.4. The van der Waals surface area contributed by atoms with Gasteiger partial charge in [-0.2, -0.15) is 0 Å². The molecule has 0 saturated heterocycles. The number of para-hydroxylation sites is 1. The summed E-state index contributed by atoms with van der Waals surface area (Å²) in [6, 6.07) is 12.4. The summed E-state index contributed by atoms with van der Waals surface area (Å²) in [5.74, 6) is -14.7. The maximum atomic E-state index is 14.9. The highest BCUT2D eigenvalue weighted by molar-refractivity contribution is 8.00. The lowest BCUT2D eigenvalue weighted by Gasteiger charge is -2.36. The number of fused-ring (bicyclic) bond motifs is 1. The number of nitrogens with one attached hydrogen (secondary N) is 8. The number of benzene rings is 4. The molecule has 5 aromatic rings. The van der Waals surface area contributed by atoms with Crippen LogP contribution in [0.15, 0.2) is 97.2 Å². The molecule has 0 aliphatic carbocycles. The monoisotopic (exact) mass is 1370 g/mol.